The summed E-state index contributed by atoms with van der Waals surface area (Å²) in [5.74, 6) is -0.517. The molecule has 0 aromatic heterocycles. The second-order valence-electron chi connectivity index (χ2n) is 6.25. The van der Waals surface area contributed by atoms with Crippen LogP contribution in [0.3, 0.4) is 0 Å². The molecule has 3 rings (SSSR count). The summed E-state index contributed by atoms with van der Waals surface area (Å²) in [4.78, 5) is 12.8. The predicted octanol–water partition coefficient (Wildman–Crippen LogP) is 3.22. The maximum absolute atomic E-state index is 12.8. The first-order valence-corrected chi connectivity index (χ1v) is 8.03. The van der Waals surface area contributed by atoms with Gasteiger partial charge < -0.3 is 10.8 Å². The van der Waals surface area contributed by atoms with Gasteiger partial charge in [-0.15, -0.1) is 0 Å². The molecular weight excluding hydrogens is 298 g/mol. The number of benzene rings is 2. The highest BCUT2D eigenvalue weighted by Gasteiger charge is 2.33. The second-order valence-corrected chi connectivity index (χ2v) is 6.25. The zero-order chi connectivity index (χ0) is 17.2. The van der Waals surface area contributed by atoms with Gasteiger partial charge in [-0.2, -0.15) is 0 Å². The third-order valence-electron chi connectivity index (χ3n) is 4.53. The van der Waals surface area contributed by atoms with Crippen LogP contribution in [0, 0.1) is 5.92 Å². The highest BCUT2D eigenvalue weighted by molar-refractivity contribution is 5.99. The lowest BCUT2D eigenvalue weighted by atomic mass is 9.79. The Hall–Kier alpha value is -2.49. The van der Waals surface area contributed by atoms with Gasteiger partial charge in [0.05, 0.1) is 5.92 Å². The molecule has 0 spiro atoms. The van der Waals surface area contributed by atoms with Crippen LogP contribution in [0.5, 0.6) is 0 Å². The summed E-state index contributed by atoms with van der Waals surface area (Å²) in [6, 6.07) is 18.1. The maximum Gasteiger partial charge on any atom is 0.171 e. The van der Waals surface area contributed by atoms with Crippen LogP contribution >= 0.6 is 0 Å². The molecule has 3 heteroatoms. The molecule has 0 radical (unpaired) electrons. The summed E-state index contributed by atoms with van der Waals surface area (Å²) in [5, 5.41) is 11.0. The van der Waals surface area contributed by atoms with E-state index in [4.69, 9.17) is 5.73 Å². The minimum atomic E-state index is -1.17. The first kappa shape index (κ1) is 16.4. The predicted molar refractivity (Wildman–Crippen MR) is 95.5 cm³/mol. The van der Waals surface area contributed by atoms with Crippen LogP contribution in [0.4, 0.5) is 0 Å². The van der Waals surface area contributed by atoms with Crippen LogP contribution in [0.1, 0.15) is 22.8 Å². The molecule has 0 heterocycles. The minimum Gasteiger partial charge on any atom is -0.381 e. The number of nitrogens with two attached hydrogens (primary N) is 1. The van der Waals surface area contributed by atoms with Crippen LogP contribution < -0.4 is 5.73 Å². The van der Waals surface area contributed by atoms with E-state index < -0.39 is 17.6 Å². The average molecular weight is 319 g/mol. The highest BCUT2D eigenvalue weighted by atomic mass is 16.3. The number of ketones is 1. The second kappa shape index (κ2) is 6.56. The molecule has 24 heavy (non-hydrogen) atoms. The molecule has 0 fully saturated rings. The number of hydrogen-bond donors (Lipinski definition) is 2. The molecule has 0 saturated heterocycles. The van der Waals surface area contributed by atoms with Gasteiger partial charge in [-0.3, -0.25) is 4.79 Å². The normalized spacial score (nSPS) is 22.5. The van der Waals surface area contributed by atoms with Gasteiger partial charge in [0.2, 0.25) is 0 Å². The molecule has 0 saturated carbocycles. The van der Waals surface area contributed by atoms with Crippen LogP contribution in [-0.2, 0) is 5.60 Å². The smallest absolute Gasteiger partial charge is 0.171 e. The summed E-state index contributed by atoms with van der Waals surface area (Å²) in [5.41, 5.74) is 7.05. The van der Waals surface area contributed by atoms with Crippen molar-refractivity contribution in [1.82, 2.24) is 0 Å². The molecule has 0 bridgehead atoms. The van der Waals surface area contributed by atoms with Gasteiger partial charge in [-0.25, -0.2) is 0 Å². The molecule has 3 N–H and O–H groups in total. The van der Waals surface area contributed by atoms with Crippen molar-refractivity contribution in [3.05, 3.63) is 95.6 Å². The van der Waals surface area contributed by atoms with Gasteiger partial charge in [0.25, 0.3) is 0 Å². The highest BCUT2D eigenvalue weighted by Crippen LogP contribution is 2.34. The number of carbonyl (C=O) groups is 1. The molecule has 3 nitrogen and oxygen atoms in total. The Morgan fingerprint density at radius 3 is 2.25 bits per heavy atom. The van der Waals surface area contributed by atoms with Gasteiger partial charge in [0.15, 0.2) is 5.78 Å². The first-order chi connectivity index (χ1) is 11.5. The first-order valence-electron chi connectivity index (χ1n) is 8.03. The van der Waals surface area contributed by atoms with E-state index in [1.165, 1.54) is 0 Å². The lowest BCUT2D eigenvalue weighted by molar-refractivity contribution is 0.0914. The topological polar surface area (TPSA) is 63.3 Å². The van der Waals surface area contributed by atoms with Gasteiger partial charge in [-0.1, -0.05) is 78.9 Å². The van der Waals surface area contributed by atoms with Crippen molar-refractivity contribution in [2.75, 3.05) is 0 Å². The SMILES string of the molecule is CC(O)(C1=CC(C(=O)c2ccccc2)C(N)C=C1)c1ccccc1. The Morgan fingerprint density at radius 2 is 1.62 bits per heavy atom. The number of Topliss-reactive ketones (excluding diaryl/α,β-unsaturated/α-hetero) is 1. The average Bonchev–Trinajstić information content (AvgIpc) is 2.63. The van der Waals surface area contributed by atoms with E-state index in [0.717, 1.165) is 5.56 Å². The fraction of sp³-hybridized carbons (Fsp3) is 0.190. The quantitative estimate of drug-likeness (QED) is 0.851. The van der Waals surface area contributed by atoms with E-state index in [1.54, 1.807) is 31.2 Å². The van der Waals surface area contributed by atoms with Crippen molar-refractivity contribution < 1.29 is 9.90 Å². The van der Waals surface area contributed by atoms with E-state index in [2.05, 4.69) is 0 Å². The van der Waals surface area contributed by atoms with Crippen LogP contribution in [0.15, 0.2) is 84.5 Å². The van der Waals surface area contributed by atoms with Gasteiger partial charge >= 0.3 is 0 Å². The molecule has 3 atom stereocenters. The largest absolute Gasteiger partial charge is 0.381 e. The number of aliphatic hydroxyl groups is 1. The van der Waals surface area contributed by atoms with Gasteiger partial charge in [0.1, 0.15) is 5.60 Å². The molecule has 2 aromatic carbocycles. The van der Waals surface area contributed by atoms with Gasteiger partial charge in [0, 0.05) is 11.6 Å². The monoisotopic (exact) mass is 319 g/mol. The summed E-state index contributed by atoms with van der Waals surface area (Å²) in [6.45, 7) is 1.74. The van der Waals surface area contributed by atoms with Crippen molar-refractivity contribution in [3.8, 4) is 0 Å². The van der Waals surface area contributed by atoms with E-state index in [9.17, 15) is 9.90 Å². The van der Waals surface area contributed by atoms with E-state index in [0.29, 0.717) is 11.1 Å². The van der Waals surface area contributed by atoms with Crippen molar-refractivity contribution in [1.29, 1.82) is 0 Å². The summed E-state index contributed by atoms with van der Waals surface area (Å²) >= 11 is 0. The van der Waals surface area contributed by atoms with Crippen molar-refractivity contribution in [2.45, 2.75) is 18.6 Å². The third-order valence-corrected chi connectivity index (χ3v) is 4.53. The van der Waals surface area contributed by atoms with Crippen molar-refractivity contribution in [2.24, 2.45) is 11.7 Å². The third kappa shape index (κ3) is 3.09. The Morgan fingerprint density at radius 1 is 1.04 bits per heavy atom. The fourth-order valence-electron chi connectivity index (χ4n) is 2.99. The fourth-order valence-corrected chi connectivity index (χ4v) is 2.99. The number of carbonyl (C=O) groups excluding carboxylic acids is 1. The molecule has 1 aliphatic carbocycles. The summed E-state index contributed by atoms with van der Waals surface area (Å²) < 4.78 is 0. The lowest BCUT2D eigenvalue weighted by Gasteiger charge is -2.30. The van der Waals surface area contributed by atoms with Crippen LogP contribution in [-0.4, -0.2) is 16.9 Å². The molecule has 2 aromatic rings. The molecule has 122 valence electrons. The zero-order valence-corrected chi connectivity index (χ0v) is 13.6. The molecule has 0 aliphatic heterocycles. The Kier molecular flexibility index (Phi) is 4.47. The Bertz CT molecular complexity index is 776. The summed E-state index contributed by atoms with van der Waals surface area (Å²) in [6.07, 6.45) is 5.40. The minimum absolute atomic E-state index is 0.0335. The molecular formula is C21H21NO2. The van der Waals surface area contributed by atoms with E-state index in [-0.39, 0.29) is 5.78 Å². The van der Waals surface area contributed by atoms with Crippen LogP contribution in [0.25, 0.3) is 0 Å². The maximum atomic E-state index is 12.8. The lowest BCUT2D eigenvalue weighted by Crippen LogP contribution is -2.37. The van der Waals surface area contributed by atoms with Crippen molar-refractivity contribution in [3.63, 3.8) is 0 Å². The zero-order valence-electron chi connectivity index (χ0n) is 13.6. The van der Waals surface area contributed by atoms with Gasteiger partial charge in [-0.05, 0) is 18.1 Å². The number of rotatable bonds is 4. The molecule has 0 amide bonds. The van der Waals surface area contributed by atoms with E-state index >= 15 is 0 Å². The summed E-state index contributed by atoms with van der Waals surface area (Å²) in [7, 11) is 0. The molecule has 1 aliphatic rings. The standard InChI is InChI=1S/C21H21NO2/c1-21(24,16-10-6-3-7-11-16)17-12-13-19(22)18(14-17)20(23)15-8-4-2-5-9-15/h2-14,18-19,24H,22H2,1H3. The Labute approximate surface area is 142 Å². The Balaban J connectivity index is 1.95. The molecule has 3 unspecified atom stereocenters. The van der Waals surface area contributed by atoms with Crippen LogP contribution in [0.2, 0.25) is 0 Å². The van der Waals surface area contributed by atoms with Crippen molar-refractivity contribution >= 4 is 5.78 Å². The number of hydrogen-bond acceptors (Lipinski definition) is 3. The van der Waals surface area contributed by atoms with E-state index in [1.807, 2.05) is 54.6 Å².